The Morgan fingerprint density at radius 1 is 1.38 bits per heavy atom. The van der Waals surface area contributed by atoms with E-state index in [2.05, 4.69) is 0 Å². The van der Waals surface area contributed by atoms with E-state index in [1.807, 2.05) is 13.8 Å². The molecule has 1 aliphatic heterocycles. The number of sulfonamides is 1. The van der Waals surface area contributed by atoms with Crippen molar-refractivity contribution in [3.63, 3.8) is 0 Å². The topological polar surface area (TPSA) is 46.6 Å². The molecule has 2 rings (SSSR count). The van der Waals surface area contributed by atoms with Crippen LogP contribution in [0.15, 0.2) is 17.0 Å². The van der Waals surface area contributed by atoms with Crippen LogP contribution in [0.4, 0.5) is 0 Å². The Kier molecular flexibility index (Phi) is 5.17. The summed E-state index contributed by atoms with van der Waals surface area (Å²) in [5.41, 5.74) is 0.804. The van der Waals surface area contributed by atoms with Gasteiger partial charge in [0.2, 0.25) is 10.0 Å². The Bertz CT molecular complexity index is 616. The largest absolute Gasteiger partial charge is 0.495 e. The van der Waals surface area contributed by atoms with E-state index in [0.29, 0.717) is 17.3 Å². The first-order valence-corrected chi connectivity index (χ1v) is 9.09. The Labute approximate surface area is 132 Å². The molecule has 0 bridgehead atoms. The second-order valence-electron chi connectivity index (χ2n) is 5.43. The lowest BCUT2D eigenvalue weighted by atomic mass is 10.0. The Hall–Kier alpha value is -0.780. The predicted octanol–water partition coefficient (Wildman–Crippen LogP) is 3.61. The predicted molar refractivity (Wildman–Crippen MR) is 84.6 cm³/mol. The van der Waals surface area contributed by atoms with Gasteiger partial charge in [0, 0.05) is 17.6 Å². The normalized spacial score (nSPS) is 20.5. The average molecular weight is 332 g/mol. The highest BCUT2D eigenvalue weighted by Crippen LogP contribution is 2.35. The van der Waals surface area contributed by atoms with Crippen LogP contribution in [0.1, 0.15) is 38.2 Å². The van der Waals surface area contributed by atoms with Crippen molar-refractivity contribution in [2.24, 2.45) is 0 Å². The zero-order valence-corrected chi connectivity index (χ0v) is 14.3. The van der Waals surface area contributed by atoms with E-state index in [1.54, 1.807) is 10.4 Å². The van der Waals surface area contributed by atoms with Gasteiger partial charge in [0.1, 0.15) is 10.6 Å². The smallest absolute Gasteiger partial charge is 0.247 e. The van der Waals surface area contributed by atoms with Gasteiger partial charge < -0.3 is 4.74 Å². The van der Waals surface area contributed by atoms with Gasteiger partial charge in [0.25, 0.3) is 0 Å². The van der Waals surface area contributed by atoms with Crippen LogP contribution >= 0.6 is 11.6 Å². The number of methoxy groups -OCH3 is 1. The molecule has 0 spiro atoms. The lowest BCUT2D eigenvalue weighted by Gasteiger charge is -2.34. The van der Waals surface area contributed by atoms with Crippen LogP contribution in [0.25, 0.3) is 0 Å². The van der Waals surface area contributed by atoms with Crippen LogP contribution < -0.4 is 4.74 Å². The number of piperidine rings is 1. The Balaban J connectivity index is 2.50. The number of aryl methyl sites for hydroxylation is 1. The fourth-order valence-electron chi connectivity index (χ4n) is 2.82. The zero-order valence-electron chi connectivity index (χ0n) is 12.7. The van der Waals surface area contributed by atoms with Crippen LogP contribution in [0.3, 0.4) is 0 Å². The standard InChI is InChI=1S/C15H22ClNO3S/c1-4-12-7-5-6-8-17(12)21(18,19)15-10-13(16)11(2)9-14(15)20-3/h9-10,12H,4-8H2,1-3H3/t12-/m1/s1. The van der Waals surface area contributed by atoms with Crippen LogP contribution in [0.5, 0.6) is 5.75 Å². The maximum absolute atomic E-state index is 13.0. The second kappa shape index (κ2) is 6.55. The summed E-state index contributed by atoms with van der Waals surface area (Å²) in [6, 6.07) is 3.25. The van der Waals surface area contributed by atoms with E-state index in [4.69, 9.17) is 16.3 Å². The molecule has 0 aromatic heterocycles. The van der Waals surface area contributed by atoms with Gasteiger partial charge in [0.05, 0.1) is 7.11 Å². The molecule has 1 aliphatic rings. The minimum absolute atomic E-state index is 0.0635. The van der Waals surface area contributed by atoms with Gasteiger partial charge in [-0.25, -0.2) is 8.42 Å². The highest BCUT2D eigenvalue weighted by Gasteiger charge is 2.34. The molecule has 6 heteroatoms. The van der Waals surface area contributed by atoms with E-state index < -0.39 is 10.0 Å². The number of hydrogen-bond acceptors (Lipinski definition) is 3. The molecule has 0 aliphatic carbocycles. The van der Waals surface area contributed by atoms with Crippen molar-refractivity contribution in [2.75, 3.05) is 13.7 Å². The summed E-state index contributed by atoms with van der Waals surface area (Å²) in [6.45, 7) is 4.42. The fourth-order valence-corrected chi connectivity index (χ4v) is 4.98. The first-order chi connectivity index (χ1) is 9.91. The Morgan fingerprint density at radius 2 is 2.10 bits per heavy atom. The van der Waals surface area contributed by atoms with E-state index in [0.717, 1.165) is 31.2 Å². The van der Waals surface area contributed by atoms with Gasteiger partial charge in [-0.2, -0.15) is 4.31 Å². The highest BCUT2D eigenvalue weighted by molar-refractivity contribution is 7.89. The van der Waals surface area contributed by atoms with Crippen molar-refractivity contribution in [2.45, 2.75) is 50.5 Å². The molecule has 118 valence electrons. The summed E-state index contributed by atoms with van der Waals surface area (Å²) in [6.07, 6.45) is 3.72. The third kappa shape index (κ3) is 3.20. The third-order valence-electron chi connectivity index (χ3n) is 4.08. The molecule has 1 aromatic rings. The zero-order chi connectivity index (χ0) is 15.6. The van der Waals surface area contributed by atoms with Crippen LogP contribution in [0.2, 0.25) is 5.02 Å². The molecule has 1 aromatic carbocycles. The van der Waals surface area contributed by atoms with Crippen LogP contribution in [-0.4, -0.2) is 32.4 Å². The lowest BCUT2D eigenvalue weighted by Crippen LogP contribution is -2.43. The van der Waals surface area contributed by atoms with E-state index in [-0.39, 0.29) is 10.9 Å². The first kappa shape index (κ1) is 16.6. The fraction of sp³-hybridized carbons (Fsp3) is 0.600. The van der Waals surface area contributed by atoms with E-state index >= 15 is 0 Å². The molecule has 0 N–H and O–H groups in total. The highest BCUT2D eigenvalue weighted by atomic mass is 35.5. The van der Waals surface area contributed by atoms with Crippen molar-refractivity contribution < 1.29 is 13.2 Å². The molecule has 0 radical (unpaired) electrons. The number of nitrogens with zero attached hydrogens (tertiary/aromatic N) is 1. The minimum atomic E-state index is -3.58. The number of rotatable bonds is 4. The summed E-state index contributed by atoms with van der Waals surface area (Å²) in [5.74, 6) is 0.359. The molecular weight excluding hydrogens is 310 g/mol. The van der Waals surface area contributed by atoms with Gasteiger partial charge >= 0.3 is 0 Å². The summed E-state index contributed by atoms with van der Waals surface area (Å²) in [7, 11) is -2.10. The quantitative estimate of drug-likeness (QED) is 0.846. The molecular formula is C15H22ClNO3S. The number of benzene rings is 1. The van der Waals surface area contributed by atoms with Crippen LogP contribution in [-0.2, 0) is 10.0 Å². The van der Waals surface area contributed by atoms with Gasteiger partial charge in [0.15, 0.2) is 0 Å². The van der Waals surface area contributed by atoms with Crippen molar-refractivity contribution in [3.8, 4) is 5.75 Å². The summed E-state index contributed by atoms with van der Waals surface area (Å²) < 4.78 is 32.8. The Morgan fingerprint density at radius 3 is 2.71 bits per heavy atom. The van der Waals surface area contributed by atoms with Crippen molar-refractivity contribution in [1.29, 1.82) is 0 Å². The lowest BCUT2D eigenvalue weighted by molar-refractivity contribution is 0.246. The van der Waals surface area contributed by atoms with Gasteiger partial charge in [-0.15, -0.1) is 0 Å². The van der Waals surface area contributed by atoms with Gasteiger partial charge in [-0.3, -0.25) is 0 Å². The molecule has 0 amide bonds. The number of hydrogen-bond donors (Lipinski definition) is 0. The number of ether oxygens (including phenoxy) is 1. The van der Waals surface area contributed by atoms with Crippen LogP contribution in [0, 0.1) is 6.92 Å². The van der Waals surface area contributed by atoms with Crippen molar-refractivity contribution >= 4 is 21.6 Å². The molecule has 1 heterocycles. The molecule has 21 heavy (non-hydrogen) atoms. The van der Waals surface area contributed by atoms with E-state index in [9.17, 15) is 8.42 Å². The van der Waals surface area contributed by atoms with Crippen molar-refractivity contribution in [3.05, 3.63) is 22.7 Å². The van der Waals surface area contributed by atoms with E-state index in [1.165, 1.54) is 13.2 Å². The first-order valence-electron chi connectivity index (χ1n) is 7.27. The second-order valence-corrected chi connectivity index (χ2v) is 7.69. The van der Waals surface area contributed by atoms with Gasteiger partial charge in [-0.1, -0.05) is 24.9 Å². The average Bonchev–Trinajstić information content (AvgIpc) is 2.49. The third-order valence-corrected chi connectivity index (χ3v) is 6.46. The maximum atomic E-state index is 13.0. The molecule has 0 saturated carbocycles. The molecule has 4 nitrogen and oxygen atoms in total. The van der Waals surface area contributed by atoms with Gasteiger partial charge in [-0.05, 0) is 43.9 Å². The summed E-state index contributed by atoms with van der Waals surface area (Å²) in [5, 5.41) is 0.444. The molecule has 1 atom stereocenters. The molecule has 1 saturated heterocycles. The SMILES string of the molecule is CC[C@@H]1CCCCN1S(=O)(=O)c1cc(Cl)c(C)cc1OC. The molecule has 1 fully saturated rings. The summed E-state index contributed by atoms with van der Waals surface area (Å²) in [4.78, 5) is 0.168. The maximum Gasteiger partial charge on any atom is 0.247 e. The molecule has 0 unspecified atom stereocenters. The minimum Gasteiger partial charge on any atom is -0.495 e. The monoisotopic (exact) mass is 331 g/mol. The number of halogens is 1. The summed E-state index contributed by atoms with van der Waals surface area (Å²) >= 11 is 6.12. The van der Waals surface area contributed by atoms with Crippen molar-refractivity contribution in [1.82, 2.24) is 4.31 Å².